The topological polar surface area (TPSA) is 29.3 Å². The van der Waals surface area contributed by atoms with Gasteiger partial charge in [0.05, 0.1) is 0 Å². The van der Waals surface area contributed by atoms with Crippen molar-refractivity contribution >= 4 is 0 Å². The van der Waals surface area contributed by atoms with Gasteiger partial charge in [-0.3, -0.25) is 0 Å². The standard InChI is InChI=1S/C11H24N2/c1-11(2,3)10(8-12)9-13-6-4-5-7-13/h10H,4-9,12H2,1-3H3. The van der Waals surface area contributed by atoms with Gasteiger partial charge in [0.1, 0.15) is 0 Å². The third-order valence-corrected chi connectivity index (χ3v) is 3.19. The van der Waals surface area contributed by atoms with Crippen molar-refractivity contribution in [2.24, 2.45) is 17.1 Å². The molecule has 1 aliphatic rings. The number of nitrogens with zero attached hydrogens (tertiary/aromatic N) is 1. The molecule has 78 valence electrons. The molecule has 1 rings (SSSR count). The summed E-state index contributed by atoms with van der Waals surface area (Å²) in [5.74, 6) is 0.644. The monoisotopic (exact) mass is 184 g/mol. The lowest BCUT2D eigenvalue weighted by molar-refractivity contribution is 0.173. The fourth-order valence-electron chi connectivity index (χ4n) is 1.98. The second-order valence-electron chi connectivity index (χ2n) is 5.31. The van der Waals surface area contributed by atoms with Crippen LogP contribution in [0.2, 0.25) is 0 Å². The highest BCUT2D eigenvalue weighted by atomic mass is 15.1. The van der Waals surface area contributed by atoms with Crippen molar-refractivity contribution in [3.63, 3.8) is 0 Å². The van der Waals surface area contributed by atoms with Crippen molar-refractivity contribution in [1.29, 1.82) is 0 Å². The molecule has 1 atom stereocenters. The molecule has 0 spiro atoms. The molecule has 2 N–H and O–H groups in total. The van der Waals surface area contributed by atoms with Gasteiger partial charge in [-0.05, 0) is 43.8 Å². The maximum Gasteiger partial charge on any atom is 0.00267 e. The number of nitrogens with two attached hydrogens (primary N) is 1. The van der Waals surface area contributed by atoms with E-state index in [-0.39, 0.29) is 0 Å². The van der Waals surface area contributed by atoms with Gasteiger partial charge in [-0.15, -0.1) is 0 Å². The summed E-state index contributed by atoms with van der Waals surface area (Å²) in [6.07, 6.45) is 2.75. The van der Waals surface area contributed by atoms with Gasteiger partial charge >= 0.3 is 0 Å². The van der Waals surface area contributed by atoms with Crippen LogP contribution in [0.25, 0.3) is 0 Å². The first-order valence-corrected chi connectivity index (χ1v) is 5.46. The maximum absolute atomic E-state index is 5.81. The molecule has 13 heavy (non-hydrogen) atoms. The number of likely N-dealkylation sites (tertiary alicyclic amines) is 1. The summed E-state index contributed by atoms with van der Waals surface area (Å²) in [4.78, 5) is 2.56. The molecular formula is C11H24N2. The summed E-state index contributed by atoms with van der Waals surface area (Å²) < 4.78 is 0. The van der Waals surface area contributed by atoms with Crippen LogP contribution in [0.1, 0.15) is 33.6 Å². The summed E-state index contributed by atoms with van der Waals surface area (Å²) in [6, 6.07) is 0. The zero-order valence-electron chi connectivity index (χ0n) is 9.34. The van der Waals surface area contributed by atoms with Crippen LogP contribution in [-0.2, 0) is 0 Å². The lowest BCUT2D eigenvalue weighted by atomic mass is 9.80. The molecule has 2 heteroatoms. The molecule has 0 aromatic heterocycles. The van der Waals surface area contributed by atoms with Crippen LogP contribution in [0.15, 0.2) is 0 Å². The Morgan fingerprint density at radius 1 is 1.23 bits per heavy atom. The van der Waals surface area contributed by atoms with Gasteiger partial charge in [-0.1, -0.05) is 20.8 Å². The van der Waals surface area contributed by atoms with Crippen molar-refractivity contribution in [3.8, 4) is 0 Å². The van der Waals surface area contributed by atoms with Crippen LogP contribution >= 0.6 is 0 Å². The second kappa shape index (κ2) is 4.43. The van der Waals surface area contributed by atoms with Crippen LogP contribution in [0, 0.1) is 11.3 Å². The number of hydrogen-bond acceptors (Lipinski definition) is 2. The highest BCUT2D eigenvalue weighted by Crippen LogP contribution is 2.26. The van der Waals surface area contributed by atoms with E-state index in [1.165, 1.54) is 32.5 Å². The van der Waals surface area contributed by atoms with E-state index >= 15 is 0 Å². The van der Waals surface area contributed by atoms with Crippen molar-refractivity contribution in [1.82, 2.24) is 4.90 Å². The van der Waals surface area contributed by atoms with Gasteiger partial charge in [0.25, 0.3) is 0 Å². The third-order valence-electron chi connectivity index (χ3n) is 3.19. The van der Waals surface area contributed by atoms with E-state index in [0.29, 0.717) is 11.3 Å². The maximum atomic E-state index is 5.81. The Kier molecular flexibility index (Phi) is 3.74. The molecule has 1 aliphatic heterocycles. The predicted molar refractivity (Wildman–Crippen MR) is 57.7 cm³/mol. The summed E-state index contributed by atoms with van der Waals surface area (Å²) in [5.41, 5.74) is 6.17. The molecule has 0 aromatic carbocycles. The van der Waals surface area contributed by atoms with Gasteiger partial charge in [-0.2, -0.15) is 0 Å². The fourth-order valence-corrected chi connectivity index (χ4v) is 1.98. The minimum atomic E-state index is 0.358. The average Bonchev–Trinajstić information content (AvgIpc) is 2.49. The van der Waals surface area contributed by atoms with Crippen molar-refractivity contribution in [2.45, 2.75) is 33.6 Å². The van der Waals surface area contributed by atoms with E-state index in [1.807, 2.05) is 0 Å². The van der Waals surface area contributed by atoms with Crippen LogP contribution < -0.4 is 5.73 Å². The van der Waals surface area contributed by atoms with Crippen molar-refractivity contribution in [2.75, 3.05) is 26.2 Å². The molecular weight excluding hydrogens is 160 g/mol. The summed E-state index contributed by atoms with van der Waals surface area (Å²) in [5, 5.41) is 0. The molecule has 2 nitrogen and oxygen atoms in total. The Morgan fingerprint density at radius 2 is 1.77 bits per heavy atom. The van der Waals surface area contributed by atoms with E-state index in [9.17, 15) is 0 Å². The molecule has 1 fully saturated rings. The zero-order valence-corrected chi connectivity index (χ0v) is 9.34. The molecule has 1 unspecified atom stereocenters. The molecule has 1 heterocycles. The molecule has 0 bridgehead atoms. The third kappa shape index (κ3) is 3.28. The van der Waals surface area contributed by atoms with E-state index in [0.717, 1.165) is 6.54 Å². The molecule has 0 aliphatic carbocycles. The van der Waals surface area contributed by atoms with Gasteiger partial charge in [0, 0.05) is 6.54 Å². The molecule has 1 saturated heterocycles. The van der Waals surface area contributed by atoms with E-state index in [1.54, 1.807) is 0 Å². The van der Waals surface area contributed by atoms with Crippen LogP contribution in [0.3, 0.4) is 0 Å². The first-order valence-electron chi connectivity index (χ1n) is 5.46. The first-order chi connectivity index (χ1) is 6.04. The van der Waals surface area contributed by atoms with E-state index in [4.69, 9.17) is 5.73 Å². The summed E-state index contributed by atoms with van der Waals surface area (Å²) in [6.45, 7) is 11.5. The Hall–Kier alpha value is -0.0800. The molecule has 0 saturated carbocycles. The predicted octanol–water partition coefficient (Wildman–Crippen LogP) is 1.70. The van der Waals surface area contributed by atoms with Crippen molar-refractivity contribution in [3.05, 3.63) is 0 Å². The summed E-state index contributed by atoms with van der Waals surface area (Å²) >= 11 is 0. The summed E-state index contributed by atoms with van der Waals surface area (Å²) in [7, 11) is 0. The SMILES string of the molecule is CC(C)(C)C(CN)CN1CCCC1. The quantitative estimate of drug-likeness (QED) is 0.723. The fraction of sp³-hybridized carbons (Fsp3) is 1.00. The van der Waals surface area contributed by atoms with Gasteiger partial charge < -0.3 is 10.6 Å². The van der Waals surface area contributed by atoms with E-state index < -0.39 is 0 Å². The van der Waals surface area contributed by atoms with Crippen LogP contribution in [0.4, 0.5) is 0 Å². The van der Waals surface area contributed by atoms with Gasteiger partial charge in [0.15, 0.2) is 0 Å². The number of rotatable bonds is 3. The second-order valence-corrected chi connectivity index (χ2v) is 5.31. The Morgan fingerprint density at radius 3 is 2.15 bits per heavy atom. The molecule has 0 amide bonds. The van der Waals surface area contributed by atoms with E-state index in [2.05, 4.69) is 25.7 Å². The highest BCUT2D eigenvalue weighted by molar-refractivity contribution is 4.79. The molecule has 0 radical (unpaired) electrons. The first kappa shape index (κ1) is 11.0. The van der Waals surface area contributed by atoms with Gasteiger partial charge in [-0.25, -0.2) is 0 Å². The minimum Gasteiger partial charge on any atom is -0.330 e. The molecule has 0 aromatic rings. The Balaban J connectivity index is 2.39. The van der Waals surface area contributed by atoms with Crippen LogP contribution in [-0.4, -0.2) is 31.1 Å². The number of hydrogen-bond donors (Lipinski definition) is 1. The van der Waals surface area contributed by atoms with Crippen molar-refractivity contribution < 1.29 is 0 Å². The average molecular weight is 184 g/mol. The zero-order chi connectivity index (χ0) is 9.90. The highest BCUT2D eigenvalue weighted by Gasteiger charge is 2.26. The van der Waals surface area contributed by atoms with Crippen LogP contribution in [0.5, 0.6) is 0 Å². The Bertz CT molecular complexity index is 143. The minimum absolute atomic E-state index is 0.358. The lowest BCUT2D eigenvalue weighted by Gasteiger charge is -2.32. The normalized spacial score (nSPS) is 22.2. The Labute approximate surface area is 82.5 Å². The largest absolute Gasteiger partial charge is 0.330 e. The smallest absolute Gasteiger partial charge is 0.00267 e. The lowest BCUT2D eigenvalue weighted by Crippen LogP contribution is -2.38. The van der Waals surface area contributed by atoms with Gasteiger partial charge in [0.2, 0.25) is 0 Å².